The molecule has 2 unspecified atom stereocenters. The van der Waals surface area contributed by atoms with E-state index in [-0.39, 0.29) is 47.0 Å². The molecule has 0 fully saturated rings. The highest BCUT2D eigenvalue weighted by Crippen LogP contribution is 2.55. The van der Waals surface area contributed by atoms with Crippen LogP contribution in [0.15, 0.2) is 76.6 Å². The largest absolute Gasteiger partial charge is 0.497 e. The Morgan fingerprint density at radius 3 is 2.40 bits per heavy atom. The molecule has 0 saturated carbocycles. The van der Waals surface area contributed by atoms with Crippen LogP contribution in [-0.2, 0) is 22.1 Å². The first-order valence-corrected chi connectivity index (χ1v) is 17.1. The lowest BCUT2D eigenvalue weighted by Gasteiger charge is -2.35. The zero-order chi connectivity index (χ0) is 36.4. The van der Waals surface area contributed by atoms with Crippen LogP contribution in [0.2, 0.25) is 0 Å². The van der Waals surface area contributed by atoms with Gasteiger partial charge in [-0.3, -0.25) is 14.2 Å². The Morgan fingerprint density at radius 1 is 1.02 bits per heavy atom. The normalized spacial score (nSPS) is 15.8. The molecular formula is C38H39F5N2O4S. The molecule has 0 saturated heterocycles. The summed E-state index contributed by atoms with van der Waals surface area (Å²) >= 11 is 1.31. The lowest BCUT2D eigenvalue weighted by molar-refractivity contribution is -0.143. The van der Waals surface area contributed by atoms with Crippen LogP contribution >= 0.6 is 11.8 Å². The van der Waals surface area contributed by atoms with E-state index < -0.39 is 57.7 Å². The number of thioether (sulfide) groups is 1. The molecule has 4 aromatic rings. The molecule has 6 nitrogen and oxygen atoms in total. The van der Waals surface area contributed by atoms with E-state index in [0.717, 1.165) is 29.8 Å². The number of fused-ring (bicyclic) bond motifs is 1. The molecule has 1 N–H and O–H groups in total. The van der Waals surface area contributed by atoms with Crippen LogP contribution < -0.4 is 15.6 Å². The SMILES string of the molecule is CCOC(=O)CCCNC(c1ccccc1)C1n2c(c(Cc3c(F)cccc3C(F)(F)F)c(C)c(-c3cc(OC)ccc3F)c2=O)SC1(C)C. The van der Waals surface area contributed by atoms with E-state index in [1.54, 1.807) is 13.8 Å². The molecule has 0 spiro atoms. The molecule has 12 heteroatoms. The van der Waals surface area contributed by atoms with Gasteiger partial charge in [-0.05, 0) is 87.7 Å². The number of benzene rings is 3. The summed E-state index contributed by atoms with van der Waals surface area (Å²) in [4.78, 5) is 26.9. The number of alkyl halides is 3. The summed E-state index contributed by atoms with van der Waals surface area (Å²) in [6.07, 6.45) is -4.73. The zero-order valence-electron chi connectivity index (χ0n) is 28.4. The van der Waals surface area contributed by atoms with Crippen LogP contribution in [0, 0.1) is 18.6 Å². The number of nitrogens with zero attached hydrogens (tertiary/aromatic N) is 1. The summed E-state index contributed by atoms with van der Waals surface area (Å²) in [6.45, 7) is 7.79. The fourth-order valence-corrected chi connectivity index (χ4v) is 8.19. The van der Waals surface area contributed by atoms with Gasteiger partial charge in [0.05, 0.1) is 42.0 Å². The fraction of sp³-hybridized carbons (Fsp3) is 0.368. The smallest absolute Gasteiger partial charge is 0.416 e. The third-order valence-corrected chi connectivity index (χ3v) is 10.4. The maximum Gasteiger partial charge on any atom is 0.416 e. The Hall–Kier alpha value is -4.16. The van der Waals surface area contributed by atoms with Crippen LogP contribution in [-0.4, -0.2) is 35.5 Å². The van der Waals surface area contributed by atoms with Gasteiger partial charge in [-0.25, -0.2) is 8.78 Å². The third-order valence-electron chi connectivity index (χ3n) is 9.01. The molecule has 2 heterocycles. The maximum atomic E-state index is 15.7. The van der Waals surface area contributed by atoms with Crippen molar-refractivity contribution in [1.29, 1.82) is 0 Å². The van der Waals surface area contributed by atoms with Gasteiger partial charge < -0.3 is 14.8 Å². The molecule has 1 aliphatic rings. The summed E-state index contributed by atoms with van der Waals surface area (Å²) in [5.74, 6) is -1.82. The first kappa shape index (κ1) is 37.1. The van der Waals surface area contributed by atoms with Crippen molar-refractivity contribution in [2.24, 2.45) is 0 Å². The van der Waals surface area contributed by atoms with Crippen molar-refractivity contribution >= 4 is 17.7 Å². The van der Waals surface area contributed by atoms with Crippen molar-refractivity contribution in [1.82, 2.24) is 9.88 Å². The highest BCUT2D eigenvalue weighted by atomic mass is 32.2. The van der Waals surface area contributed by atoms with Crippen molar-refractivity contribution in [3.8, 4) is 16.9 Å². The van der Waals surface area contributed by atoms with Crippen molar-refractivity contribution in [3.63, 3.8) is 0 Å². The Bertz CT molecular complexity index is 1930. The van der Waals surface area contributed by atoms with E-state index in [9.17, 15) is 22.8 Å². The van der Waals surface area contributed by atoms with Gasteiger partial charge in [-0.15, -0.1) is 0 Å². The van der Waals surface area contributed by atoms with Crippen LogP contribution in [0.1, 0.15) is 73.5 Å². The number of methoxy groups -OCH3 is 1. The summed E-state index contributed by atoms with van der Waals surface area (Å²) in [7, 11) is 1.40. The monoisotopic (exact) mass is 714 g/mol. The van der Waals surface area contributed by atoms with Gasteiger partial charge in [0.1, 0.15) is 17.4 Å². The van der Waals surface area contributed by atoms with Crippen molar-refractivity contribution in [2.75, 3.05) is 20.3 Å². The Morgan fingerprint density at radius 2 is 1.74 bits per heavy atom. The summed E-state index contributed by atoms with van der Waals surface area (Å²) in [5, 5.41) is 3.90. The van der Waals surface area contributed by atoms with E-state index in [2.05, 4.69) is 5.32 Å². The van der Waals surface area contributed by atoms with Crippen LogP contribution in [0.25, 0.3) is 11.1 Å². The van der Waals surface area contributed by atoms with Gasteiger partial charge >= 0.3 is 12.1 Å². The number of carbonyl (C=O) groups is 1. The first-order chi connectivity index (χ1) is 23.7. The molecule has 2 atom stereocenters. The second kappa shape index (κ2) is 15.0. The number of nitrogens with one attached hydrogen (secondary N) is 1. The molecule has 0 amide bonds. The summed E-state index contributed by atoms with van der Waals surface area (Å²) in [5.41, 5.74) is -1.02. The van der Waals surface area contributed by atoms with E-state index in [1.165, 1.54) is 35.6 Å². The van der Waals surface area contributed by atoms with Crippen molar-refractivity contribution in [3.05, 3.63) is 117 Å². The molecular weight excluding hydrogens is 675 g/mol. The number of carbonyl (C=O) groups excluding carboxylic acids is 1. The minimum atomic E-state index is -4.84. The highest BCUT2D eigenvalue weighted by Gasteiger charge is 2.48. The summed E-state index contributed by atoms with van der Waals surface area (Å²) in [6, 6.07) is 15.0. The number of pyridine rings is 1. The first-order valence-electron chi connectivity index (χ1n) is 16.3. The second-order valence-electron chi connectivity index (χ2n) is 12.6. The Labute approximate surface area is 292 Å². The lowest BCUT2D eigenvalue weighted by Crippen LogP contribution is -2.42. The second-order valence-corrected chi connectivity index (χ2v) is 14.3. The molecule has 50 heavy (non-hydrogen) atoms. The van der Waals surface area contributed by atoms with Crippen LogP contribution in [0.3, 0.4) is 0 Å². The van der Waals surface area contributed by atoms with Gasteiger partial charge in [0.25, 0.3) is 5.56 Å². The van der Waals surface area contributed by atoms with E-state index in [0.29, 0.717) is 18.0 Å². The molecule has 1 aromatic heterocycles. The molecule has 266 valence electrons. The average Bonchev–Trinajstić information content (AvgIpc) is 3.35. The quantitative estimate of drug-likeness (QED) is 0.0899. The lowest BCUT2D eigenvalue weighted by atomic mass is 9.88. The highest BCUT2D eigenvalue weighted by molar-refractivity contribution is 8.00. The van der Waals surface area contributed by atoms with Gasteiger partial charge in [-0.1, -0.05) is 48.2 Å². The molecule has 0 radical (unpaired) electrons. The number of hydrogen-bond acceptors (Lipinski definition) is 6. The van der Waals surface area contributed by atoms with Gasteiger partial charge in [0.2, 0.25) is 0 Å². The number of aromatic nitrogens is 1. The molecule has 0 bridgehead atoms. The van der Waals surface area contributed by atoms with Crippen molar-refractivity contribution in [2.45, 2.75) is 75.0 Å². The predicted octanol–water partition coefficient (Wildman–Crippen LogP) is 8.82. The zero-order valence-corrected chi connectivity index (χ0v) is 29.2. The molecule has 5 rings (SSSR count). The van der Waals surface area contributed by atoms with E-state index >= 15 is 8.78 Å². The van der Waals surface area contributed by atoms with Gasteiger partial charge in [-0.2, -0.15) is 13.2 Å². The minimum absolute atomic E-state index is 0.0533. The summed E-state index contributed by atoms with van der Waals surface area (Å²) < 4.78 is 85.0. The fourth-order valence-electron chi connectivity index (χ4n) is 6.69. The maximum absolute atomic E-state index is 15.7. The van der Waals surface area contributed by atoms with Gasteiger partial charge in [0.15, 0.2) is 0 Å². The number of hydrogen-bond donors (Lipinski definition) is 1. The molecule has 1 aliphatic heterocycles. The minimum Gasteiger partial charge on any atom is -0.497 e. The van der Waals surface area contributed by atoms with Crippen LogP contribution in [0.5, 0.6) is 5.75 Å². The topological polar surface area (TPSA) is 69.6 Å². The Balaban J connectivity index is 1.76. The number of halogens is 5. The molecule has 0 aliphatic carbocycles. The molecule has 3 aromatic carbocycles. The van der Waals surface area contributed by atoms with Gasteiger partial charge in [0, 0.05) is 28.7 Å². The Kier molecular flexibility index (Phi) is 11.1. The average molecular weight is 715 g/mol. The van der Waals surface area contributed by atoms with E-state index in [1.807, 2.05) is 44.2 Å². The van der Waals surface area contributed by atoms with Crippen molar-refractivity contribution < 1.29 is 36.2 Å². The number of rotatable bonds is 12. The third kappa shape index (κ3) is 7.46. The standard InChI is InChI=1S/C38H39F5N2O4S/c1-6-49-31(46)16-11-19-44-33(23-12-8-7-9-13-23)34-37(3,4)50-36-25(21-26-28(38(41,42)43)14-10-15-29(26)39)22(2)32(35(47)45(34)36)27-20-24(48-5)17-18-30(27)40/h7-10,12-15,17-18,20,33-34,44H,6,11,16,19,21H2,1-5H3. The number of esters is 1. The van der Waals surface area contributed by atoms with Crippen LogP contribution in [0.4, 0.5) is 22.0 Å². The predicted molar refractivity (Wildman–Crippen MR) is 184 cm³/mol. The van der Waals surface area contributed by atoms with E-state index in [4.69, 9.17) is 9.47 Å². The number of ether oxygens (including phenoxy) is 2.